The predicted octanol–water partition coefficient (Wildman–Crippen LogP) is 2.64. The highest BCUT2D eigenvalue weighted by atomic mass is 16.5. The predicted molar refractivity (Wildman–Crippen MR) is 89.1 cm³/mol. The number of carbonyl (C=O) groups is 1. The summed E-state index contributed by atoms with van der Waals surface area (Å²) in [4.78, 5) is 11.5. The Bertz CT molecular complexity index is 725. The molecule has 1 unspecified atom stereocenters. The molecule has 0 aliphatic carbocycles. The van der Waals surface area contributed by atoms with E-state index < -0.39 is 6.10 Å². The van der Waals surface area contributed by atoms with E-state index in [9.17, 15) is 9.90 Å². The molecular formula is C19H20O5. The fourth-order valence-corrected chi connectivity index (χ4v) is 2.45. The number of carbonyl (C=O) groups excluding carboxylic acids is 1. The molecule has 0 fully saturated rings. The molecule has 3 rings (SSSR count). The van der Waals surface area contributed by atoms with Gasteiger partial charge in [-0.3, -0.25) is 4.79 Å². The Hall–Kier alpha value is -2.53. The van der Waals surface area contributed by atoms with E-state index in [1.54, 1.807) is 18.2 Å². The van der Waals surface area contributed by atoms with Gasteiger partial charge in [-0.1, -0.05) is 19.1 Å². The first-order chi connectivity index (χ1) is 11.7. The summed E-state index contributed by atoms with van der Waals surface area (Å²) in [6.45, 7) is 2.40. The maximum atomic E-state index is 11.5. The van der Waals surface area contributed by atoms with Gasteiger partial charge in [0, 0.05) is 6.07 Å². The quantitative estimate of drug-likeness (QED) is 0.846. The van der Waals surface area contributed by atoms with Gasteiger partial charge in [0.2, 0.25) is 5.78 Å². The Balaban J connectivity index is 1.49. The molecule has 1 N–H and O–H groups in total. The zero-order chi connectivity index (χ0) is 16.9. The van der Waals surface area contributed by atoms with Crippen LogP contribution >= 0.6 is 0 Å². The second kappa shape index (κ2) is 7.36. The van der Waals surface area contributed by atoms with E-state index in [2.05, 4.69) is 6.92 Å². The normalized spacial score (nSPS) is 14.0. The number of hydrogen-bond acceptors (Lipinski definition) is 5. The van der Waals surface area contributed by atoms with Crippen LogP contribution in [0.5, 0.6) is 17.2 Å². The van der Waals surface area contributed by atoms with Crippen LogP contribution in [0.15, 0.2) is 42.5 Å². The highest BCUT2D eigenvalue weighted by molar-refractivity contribution is 6.02. The fourth-order valence-electron chi connectivity index (χ4n) is 2.45. The van der Waals surface area contributed by atoms with E-state index in [0.717, 1.165) is 12.2 Å². The maximum Gasteiger partial charge on any atom is 0.203 e. The lowest BCUT2D eigenvalue weighted by Gasteiger charge is -2.14. The SMILES string of the molecule is CCc1cccc(OCC(O)COc2ccc3c(c2)OCC3=O)c1. The molecule has 2 aromatic carbocycles. The Morgan fingerprint density at radius 2 is 1.88 bits per heavy atom. The molecule has 126 valence electrons. The number of Topliss-reactive ketones (excluding diaryl/α,β-unsaturated/α-hetero) is 1. The first kappa shape index (κ1) is 16.3. The lowest BCUT2D eigenvalue weighted by atomic mass is 10.1. The molecule has 0 aromatic heterocycles. The smallest absolute Gasteiger partial charge is 0.203 e. The average molecular weight is 328 g/mol. The van der Waals surface area contributed by atoms with Gasteiger partial charge in [0.25, 0.3) is 0 Å². The number of fused-ring (bicyclic) bond motifs is 1. The van der Waals surface area contributed by atoms with Gasteiger partial charge in [-0.15, -0.1) is 0 Å². The largest absolute Gasteiger partial charge is 0.491 e. The first-order valence-corrected chi connectivity index (χ1v) is 7.98. The van der Waals surface area contributed by atoms with Crippen LogP contribution in [0, 0.1) is 0 Å². The molecule has 1 aliphatic rings. The Kier molecular flexibility index (Phi) is 5.01. The number of aliphatic hydroxyl groups is 1. The highest BCUT2D eigenvalue weighted by Crippen LogP contribution is 2.29. The van der Waals surface area contributed by atoms with Gasteiger partial charge in [-0.05, 0) is 36.2 Å². The number of rotatable bonds is 7. The van der Waals surface area contributed by atoms with Crippen molar-refractivity contribution >= 4 is 5.78 Å². The van der Waals surface area contributed by atoms with Crippen LogP contribution in [0.4, 0.5) is 0 Å². The van der Waals surface area contributed by atoms with Crippen LogP contribution in [-0.2, 0) is 6.42 Å². The zero-order valence-electron chi connectivity index (χ0n) is 13.5. The Morgan fingerprint density at radius 3 is 2.62 bits per heavy atom. The topological polar surface area (TPSA) is 65.0 Å². The summed E-state index contributed by atoms with van der Waals surface area (Å²) in [5.41, 5.74) is 1.76. The third-order valence-electron chi connectivity index (χ3n) is 3.80. The zero-order valence-corrected chi connectivity index (χ0v) is 13.5. The van der Waals surface area contributed by atoms with Crippen molar-refractivity contribution in [2.75, 3.05) is 19.8 Å². The Labute approximate surface area is 140 Å². The molecule has 0 saturated carbocycles. The number of hydrogen-bond donors (Lipinski definition) is 1. The number of ether oxygens (including phenoxy) is 3. The lowest BCUT2D eigenvalue weighted by molar-refractivity contribution is 0.0625. The van der Waals surface area contributed by atoms with Crippen molar-refractivity contribution in [2.45, 2.75) is 19.4 Å². The van der Waals surface area contributed by atoms with Gasteiger partial charge in [-0.25, -0.2) is 0 Å². The standard InChI is InChI=1S/C19H20O5/c1-2-13-4-3-5-15(8-13)22-10-14(20)11-23-16-6-7-17-18(21)12-24-19(17)9-16/h3-9,14,20H,2,10-12H2,1H3. The molecule has 1 heterocycles. The Morgan fingerprint density at radius 1 is 1.12 bits per heavy atom. The monoisotopic (exact) mass is 328 g/mol. The van der Waals surface area contributed by atoms with Gasteiger partial charge in [0.05, 0.1) is 5.56 Å². The maximum absolute atomic E-state index is 11.5. The molecule has 0 spiro atoms. The van der Waals surface area contributed by atoms with Gasteiger partial charge < -0.3 is 19.3 Å². The molecular weight excluding hydrogens is 308 g/mol. The van der Waals surface area contributed by atoms with Crippen LogP contribution in [-0.4, -0.2) is 36.8 Å². The minimum Gasteiger partial charge on any atom is -0.491 e. The third kappa shape index (κ3) is 3.86. The van der Waals surface area contributed by atoms with Crippen molar-refractivity contribution < 1.29 is 24.1 Å². The molecule has 1 atom stereocenters. The van der Waals surface area contributed by atoms with Crippen LogP contribution in [0.3, 0.4) is 0 Å². The van der Waals surface area contributed by atoms with E-state index in [1.807, 2.05) is 24.3 Å². The minimum atomic E-state index is -0.758. The summed E-state index contributed by atoms with van der Waals surface area (Å²) in [5.74, 6) is 1.78. The van der Waals surface area contributed by atoms with Crippen molar-refractivity contribution in [2.24, 2.45) is 0 Å². The highest BCUT2D eigenvalue weighted by Gasteiger charge is 2.21. The summed E-state index contributed by atoms with van der Waals surface area (Å²) in [7, 11) is 0. The average Bonchev–Trinajstić information content (AvgIpc) is 2.99. The van der Waals surface area contributed by atoms with Crippen LogP contribution in [0.1, 0.15) is 22.8 Å². The molecule has 0 radical (unpaired) electrons. The molecule has 2 aromatic rings. The van der Waals surface area contributed by atoms with E-state index in [0.29, 0.717) is 17.1 Å². The van der Waals surface area contributed by atoms with Gasteiger partial charge in [0.15, 0.2) is 6.61 Å². The molecule has 0 bridgehead atoms. The van der Waals surface area contributed by atoms with Gasteiger partial charge in [0.1, 0.15) is 36.6 Å². The number of aryl methyl sites for hydroxylation is 1. The van der Waals surface area contributed by atoms with Crippen molar-refractivity contribution in [3.63, 3.8) is 0 Å². The van der Waals surface area contributed by atoms with Crippen molar-refractivity contribution in [1.29, 1.82) is 0 Å². The molecule has 5 nitrogen and oxygen atoms in total. The summed E-state index contributed by atoms with van der Waals surface area (Å²) >= 11 is 0. The van der Waals surface area contributed by atoms with Crippen LogP contribution < -0.4 is 14.2 Å². The number of aliphatic hydroxyl groups excluding tert-OH is 1. The number of ketones is 1. The van der Waals surface area contributed by atoms with E-state index >= 15 is 0 Å². The second-order valence-electron chi connectivity index (χ2n) is 5.65. The lowest BCUT2D eigenvalue weighted by Crippen LogP contribution is -2.25. The second-order valence-corrected chi connectivity index (χ2v) is 5.65. The fraction of sp³-hybridized carbons (Fsp3) is 0.316. The first-order valence-electron chi connectivity index (χ1n) is 7.98. The summed E-state index contributed by atoms with van der Waals surface area (Å²) < 4.78 is 16.4. The molecule has 5 heteroatoms. The van der Waals surface area contributed by atoms with Crippen molar-refractivity contribution in [3.05, 3.63) is 53.6 Å². The molecule has 0 saturated heterocycles. The van der Waals surface area contributed by atoms with E-state index in [1.165, 1.54) is 5.56 Å². The summed E-state index contributed by atoms with van der Waals surface area (Å²) in [6.07, 6.45) is 0.178. The number of benzene rings is 2. The molecule has 1 aliphatic heterocycles. The van der Waals surface area contributed by atoms with Crippen LogP contribution in [0.2, 0.25) is 0 Å². The van der Waals surface area contributed by atoms with Gasteiger partial charge in [-0.2, -0.15) is 0 Å². The third-order valence-corrected chi connectivity index (χ3v) is 3.80. The minimum absolute atomic E-state index is 0.0284. The molecule has 0 amide bonds. The van der Waals surface area contributed by atoms with E-state index in [-0.39, 0.29) is 25.6 Å². The summed E-state index contributed by atoms with van der Waals surface area (Å²) in [6, 6.07) is 12.8. The van der Waals surface area contributed by atoms with E-state index in [4.69, 9.17) is 14.2 Å². The van der Waals surface area contributed by atoms with Crippen molar-refractivity contribution in [3.8, 4) is 17.2 Å². The van der Waals surface area contributed by atoms with Crippen molar-refractivity contribution in [1.82, 2.24) is 0 Å². The molecule has 24 heavy (non-hydrogen) atoms. The summed E-state index contributed by atoms with van der Waals surface area (Å²) in [5, 5.41) is 10.00. The van der Waals surface area contributed by atoms with Gasteiger partial charge >= 0.3 is 0 Å². The van der Waals surface area contributed by atoms with Crippen LogP contribution in [0.25, 0.3) is 0 Å².